The first kappa shape index (κ1) is 20.3. The molecule has 0 unspecified atom stereocenters. The highest BCUT2D eigenvalue weighted by atomic mass is 16.6. The molecule has 138 valence electrons. The number of esters is 1. The van der Waals surface area contributed by atoms with Gasteiger partial charge in [0.1, 0.15) is 17.7 Å². The smallest absolute Gasteiger partial charge is 0.410 e. The van der Waals surface area contributed by atoms with Gasteiger partial charge in [0.05, 0.1) is 7.11 Å². The van der Waals surface area contributed by atoms with E-state index >= 15 is 0 Å². The predicted molar refractivity (Wildman–Crippen MR) is 89.4 cm³/mol. The summed E-state index contributed by atoms with van der Waals surface area (Å²) in [6, 6.07) is -1.32. The Morgan fingerprint density at radius 3 is 2.38 bits per heavy atom. The van der Waals surface area contributed by atoms with Crippen LogP contribution in [0.5, 0.6) is 0 Å². The van der Waals surface area contributed by atoms with Crippen LogP contribution in [0.2, 0.25) is 0 Å². The van der Waals surface area contributed by atoms with Crippen LogP contribution in [-0.4, -0.2) is 54.2 Å². The molecular formula is C17H30N2O5. The highest BCUT2D eigenvalue weighted by molar-refractivity contribution is 5.90. The second kappa shape index (κ2) is 8.35. The molecule has 0 bridgehead atoms. The molecule has 1 fully saturated rings. The van der Waals surface area contributed by atoms with Gasteiger partial charge in [-0.15, -0.1) is 0 Å². The Morgan fingerprint density at radius 2 is 1.88 bits per heavy atom. The van der Waals surface area contributed by atoms with Crippen molar-refractivity contribution in [2.24, 2.45) is 5.92 Å². The average Bonchev–Trinajstić information content (AvgIpc) is 2.92. The van der Waals surface area contributed by atoms with Crippen molar-refractivity contribution in [2.75, 3.05) is 13.7 Å². The molecule has 0 aromatic heterocycles. The van der Waals surface area contributed by atoms with Crippen LogP contribution in [0.15, 0.2) is 0 Å². The summed E-state index contributed by atoms with van der Waals surface area (Å²) in [6.45, 7) is 9.75. The molecule has 0 aromatic rings. The van der Waals surface area contributed by atoms with E-state index < -0.39 is 29.7 Å². The molecule has 1 N–H and O–H groups in total. The average molecular weight is 342 g/mol. The highest BCUT2D eigenvalue weighted by Gasteiger charge is 2.38. The number of likely N-dealkylation sites (tertiary alicyclic amines) is 1. The molecule has 0 aliphatic carbocycles. The fraction of sp³-hybridized carbons (Fsp3) is 0.824. The van der Waals surface area contributed by atoms with Crippen molar-refractivity contribution >= 4 is 18.0 Å². The van der Waals surface area contributed by atoms with Crippen molar-refractivity contribution < 1.29 is 23.9 Å². The van der Waals surface area contributed by atoms with Gasteiger partial charge in [-0.25, -0.2) is 9.59 Å². The van der Waals surface area contributed by atoms with Crippen molar-refractivity contribution in [1.82, 2.24) is 10.2 Å². The van der Waals surface area contributed by atoms with E-state index in [1.807, 2.05) is 13.8 Å². The third kappa shape index (κ3) is 6.02. The minimum atomic E-state index is -0.705. The monoisotopic (exact) mass is 342 g/mol. The number of carbonyl (C=O) groups is 3. The molecule has 1 saturated heterocycles. The van der Waals surface area contributed by atoms with Crippen molar-refractivity contribution in [3.05, 3.63) is 0 Å². The Bertz CT molecular complexity index is 470. The SMILES string of the molecule is COC(=O)[C@H](CC(C)C)NC(=O)[C@H]1CCCN1C(=O)OC(C)(C)C. The highest BCUT2D eigenvalue weighted by Crippen LogP contribution is 2.21. The molecule has 1 aliphatic rings. The van der Waals surface area contributed by atoms with E-state index in [0.29, 0.717) is 19.4 Å². The number of nitrogens with one attached hydrogen (secondary N) is 1. The maximum atomic E-state index is 12.6. The molecule has 7 heteroatoms. The lowest BCUT2D eigenvalue weighted by Crippen LogP contribution is -2.52. The number of carbonyl (C=O) groups excluding carboxylic acids is 3. The maximum Gasteiger partial charge on any atom is 0.410 e. The number of methoxy groups -OCH3 is 1. The van der Waals surface area contributed by atoms with Gasteiger partial charge in [0.25, 0.3) is 0 Å². The minimum absolute atomic E-state index is 0.222. The first-order chi connectivity index (χ1) is 11.0. The van der Waals surface area contributed by atoms with Crippen molar-refractivity contribution in [2.45, 2.75) is 71.6 Å². The summed E-state index contributed by atoms with van der Waals surface area (Å²) in [4.78, 5) is 38.1. The van der Waals surface area contributed by atoms with Crippen LogP contribution in [-0.2, 0) is 19.1 Å². The quantitative estimate of drug-likeness (QED) is 0.773. The molecule has 0 saturated carbocycles. The van der Waals surface area contributed by atoms with Crippen molar-refractivity contribution in [3.63, 3.8) is 0 Å². The summed E-state index contributed by atoms with van der Waals surface area (Å²) >= 11 is 0. The van der Waals surface area contributed by atoms with Gasteiger partial charge in [0.15, 0.2) is 0 Å². The van der Waals surface area contributed by atoms with Crippen LogP contribution in [0.3, 0.4) is 0 Å². The van der Waals surface area contributed by atoms with Gasteiger partial charge in [-0.2, -0.15) is 0 Å². The van der Waals surface area contributed by atoms with Crippen molar-refractivity contribution in [3.8, 4) is 0 Å². The van der Waals surface area contributed by atoms with Gasteiger partial charge in [0.2, 0.25) is 5.91 Å². The van der Waals surface area contributed by atoms with E-state index in [1.54, 1.807) is 20.8 Å². The topological polar surface area (TPSA) is 84.9 Å². The van der Waals surface area contributed by atoms with Crippen LogP contribution >= 0.6 is 0 Å². The van der Waals surface area contributed by atoms with Crippen LogP contribution in [0.1, 0.15) is 53.9 Å². The van der Waals surface area contributed by atoms with E-state index in [4.69, 9.17) is 9.47 Å². The lowest BCUT2D eigenvalue weighted by atomic mass is 10.0. The number of ether oxygens (including phenoxy) is 2. The Morgan fingerprint density at radius 1 is 1.25 bits per heavy atom. The first-order valence-electron chi connectivity index (χ1n) is 8.43. The fourth-order valence-electron chi connectivity index (χ4n) is 2.67. The maximum absolute atomic E-state index is 12.6. The number of amides is 2. The summed E-state index contributed by atoms with van der Waals surface area (Å²) in [7, 11) is 1.30. The molecular weight excluding hydrogens is 312 g/mol. The third-order valence-electron chi connectivity index (χ3n) is 3.69. The van der Waals surface area contributed by atoms with Crippen LogP contribution < -0.4 is 5.32 Å². The van der Waals surface area contributed by atoms with E-state index in [0.717, 1.165) is 6.42 Å². The fourth-order valence-corrected chi connectivity index (χ4v) is 2.67. The summed E-state index contributed by atoms with van der Waals surface area (Å²) in [6.07, 6.45) is 1.27. The predicted octanol–water partition coefficient (Wildman–Crippen LogP) is 2.09. The van der Waals surface area contributed by atoms with Gasteiger partial charge < -0.3 is 14.8 Å². The molecule has 1 rings (SSSR count). The second-order valence-corrected chi connectivity index (χ2v) is 7.55. The standard InChI is InChI=1S/C17H30N2O5/c1-11(2)10-12(15(21)23-6)18-14(20)13-8-7-9-19(13)16(22)24-17(3,4)5/h11-13H,7-10H2,1-6H3,(H,18,20)/t12-,13+/m0/s1. The summed E-state index contributed by atoms with van der Waals surface area (Å²) in [5.74, 6) is -0.590. The molecule has 0 aromatic carbocycles. The first-order valence-corrected chi connectivity index (χ1v) is 8.43. The molecule has 0 spiro atoms. The Hall–Kier alpha value is -1.79. The van der Waals surface area contributed by atoms with E-state index in [1.165, 1.54) is 12.0 Å². The Labute approximate surface area is 144 Å². The third-order valence-corrected chi connectivity index (χ3v) is 3.69. The number of hydrogen-bond donors (Lipinski definition) is 1. The zero-order chi connectivity index (χ0) is 18.5. The Balaban J connectivity index is 2.76. The molecule has 2 atom stereocenters. The van der Waals surface area contributed by atoms with E-state index in [2.05, 4.69) is 5.32 Å². The normalized spacial score (nSPS) is 19.1. The van der Waals surface area contributed by atoms with Crippen molar-refractivity contribution in [1.29, 1.82) is 0 Å². The van der Waals surface area contributed by atoms with Gasteiger partial charge in [-0.1, -0.05) is 13.8 Å². The minimum Gasteiger partial charge on any atom is -0.467 e. The largest absolute Gasteiger partial charge is 0.467 e. The second-order valence-electron chi connectivity index (χ2n) is 7.55. The van der Waals surface area contributed by atoms with Crippen LogP contribution in [0.25, 0.3) is 0 Å². The molecule has 0 radical (unpaired) electrons. The zero-order valence-electron chi connectivity index (χ0n) is 15.5. The Kier molecular flexibility index (Phi) is 7.05. The molecule has 1 heterocycles. The van der Waals surface area contributed by atoms with E-state index in [-0.39, 0.29) is 11.8 Å². The zero-order valence-corrected chi connectivity index (χ0v) is 15.5. The number of nitrogens with zero attached hydrogens (tertiary/aromatic N) is 1. The van der Waals surface area contributed by atoms with Gasteiger partial charge in [0, 0.05) is 6.54 Å². The van der Waals surface area contributed by atoms with Gasteiger partial charge in [-0.05, 0) is 46.0 Å². The van der Waals surface area contributed by atoms with Gasteiger partial charge in [-0.3, -0.25) is 9.69 Å². The molecule has 2 amide bonds. The van der Waals surface area contributed by atoms with E-state index in [9.17, 15) is 14.4 Å². The van der Waals surface area contributed by atoms with Gasteiger partial charge >= 0.3 is 12.1 Å². The molecule has 1 aliphatic heterocycles. The van der Waals surface area contributed by atoms with Crippen LogP contribution in [0.4, 0.5) is 4.79 Å². The summed E-state index contributed by atoms with van der Waals surface area (Å²) in [5.41, 5.74) is -0.618. The number of rotatable bonds is 5. The lowest BCUT2D eigenvalue weighted by molar-refractivity contribution is -0.146. The molecule has 7 nitrogen and oxygen atoms in total. The summed E-state index contributed by atoms with van der Waals surface area (Å²) < 4.78 is 10.1. The van der Waals surface area contributed by atoms with Crippen LogP contribution in [0, 0.1) is 5.92 Å². The summed E-state index contributed by atoms with van der Waals surface area (Å²) in [5, 5.41) is 2.73. The lowest BCUT2D eigenvalue weighted by Gasteiger charge is -2.29. The molecule has 24 heavy (non-hydrogen) atoms. The number of hydrogen-bond acceptors (Lipinski definition) is 5.